The number of nitrogens with zero attached hydrogens (tertiary/aromatic N) is 4. The molecule has 1 aromatic carbocycles. The lowest BCUT2D eigenvalue weighted by Crippen LogP contribution is -2.42. The van der Waals surface area contributed by atoms with Gasteiger partial charge in [0.05, 0.1) is 0 Å². The number of para-hydroxylation sites is 1. The maximum Gasteiger partial charge on any atom is 0.260 e. The predicted octanol–water partition coefficient (Wildman–Crippen LogP) is 2.87. The molecule has 154 valence electrons. The molecular weight excluding hydrogens is 364 g/mol. The van der Waals surface area contributed by atoms with Crippen LogP contribution in [0.5, 0.6) is 5.75 Å². The molecule has 0 saturated carbocycles. The summed E-state index contributed by atoms with van der Waals surface area (Å²) in [4.78, 5) is 26.5. The highest BCUT2D eigenvalue weighted by Gasteiger charge is 2.28. The Morgan fingerprint density at radius 2 is 2.03 bits per heavy atom. The van der Waals surface area contributed by atoms with E-state index in [1.807, 2.05) is 43.1 Å². The molecular formula is C23H30N4O2. The third kappa shape index (κ3) is 4.42. The van der Waals surface area contributed by atoms with Crippen LogP contribution in [0.25, 0.3) is 0 Å². The second-order valence-electron chi connectivity index (χ2n) is 8.38. The van der Waals surface area contributed by atoms with Crippen molar-refractivity contribution >= 4 is 5.91 Å². The zero-order valence-corrected chi connectivity index (χ0v) is 17.6. The SMILES string of the molecule is Cc1cccc(C)c1OCC(=O)N1CCC[C@H](c2ncc3c(n2)CCN(C)C3)C1. The second-order valence-corrected chi connectivity index (χ2v) is 8.38. The van der Waals surface area contributed by atoms with Gasteiger partial charge >= 0.3 is 0 Å². The van der Waals surface area contributed by atoms with Crippen LogP contribution in [0.15, 0.2) is 24.4 Å². The highest BCUT2D eigenvalue weighted by atomic mass is 16.5. The average molecular weight is 395 g/mol. The standard InChI is InChI=1S/C23H30N4O2/c1-16-6-4-7-17(2)22(16)29-15-21(28)27-10-5-8-18(14-27)23-24-12-19-13-26(3)11-9-20(19)25-23/h4,6-7,12,18H,5,8-11,13-15H2,1-3H3/t18-/m0/s1. The predicted molar refractivity (Wildman–Crippen MR) is 112 cm³/mol. The molecule has 1 amide bonds. The van der Waals surface area contributed by atoms with Crippen LogP contribution in [0.3, 0.4) is 0 Å². The van der Waals surface area contributed by atoms with Gasteiger partial charge in [-0.15, -0.1) is 0 Å². The minimum atomic E-state index is 0.0388. The van der Waals surface area contributed by atoms with E-state index in [1.165, 1.54) is 11.3 Å². The minimum absolute atomic E-state index is 0.0388. The van der Waals surface area contributed by atoms with E-state index >= 15 is 0 Å². The summed E-state index contributed by atoms with van der Waals surface area (Å²) >= 11 is 0. The Kier molecular flexibility index (Phi) is 5.81. The largest absolute Gasteiger partial charge is 0.483 e. The lowest BCUT2D eigenvalue weighted by molar-refractivity contribution is -0.134. The van der Waals surface area contributed by atoms with Gasteiger partial charge in [-0.1, -0.05) is 18.2 Å². The fraction of sp³-hybridized carbons (Fsp3) is 0.522. The van der Waals surface area contributed by atoms with Gasteiger partial charge in [0.15, 0.2) is 6.61 Å². The summed E-state index contributed by atoms with van der Waals surface area (Å²) in [6.45, 7) is 7.50. The van der Waals surface area contributed by atoms with E-state index < -0.39 is 0 Å². The number of benzene rings is 1. The van der Waals surface area contributed by atoms with E-state index in [0.717, 1.165) is 61.6 Å². The summed E-state index contributed by atoms with van der Waals surface area (Å²) in [5.41, 5.74) is 4.52. The Balaban J connectivity index is 1.40. The Morgan fingerprint density at radius 1 is 1.24 bits per heavy atom. The summed E-state index contributed by atoms with van der Waals surface area (Å²) in [5.74, 6) is 1.95. The minimum Gasteiger partial charge on any atom is -0.483 e. The van der Waals surface area contributed by atoms with E-state index in [4.69, 9.17) is 9.72 Å². The molecule has 0 bridgehead atoms. The molecule has 0 radical (unpaired) electrons. The molecule has 6 heteroatoms. The normalized spacial score (nSPS) is 19.7. The number of carbonyl (C=O) groups is 1. The number of amides is 1. The molecule has 3 heterocycles. The van der Waals surface area contributed by atoms with Gasteiger partial charge in [-0.25, -0.2) is 9.97 Å². The van der Waals surface area contributed by atoms with Crippen molar-refractivity contribution < 1.29 is 9.53 Å². The van der Waals surface area contributed by atoms with Crippen molar-refractivity contribution in [2.24, 2.45) is 0 Å². The number of ether oxygens (including phenoxy) is 1. The first-order valence-electron chi connectivity index (χ1n) is 10.5. The summed E-state index contributed by atoms with van der Waals surface area (Å²) in [6.07, 6.45) is 4.96. The van der Waals surface area contributed by atoms with Gasteiger partial charge in [-0.05, 0) is 44.9 Å². The Bertz CT molecular complexity index is 878. The molecule has 1 aromatic heterocycles. The molecule has 0 spiro atoms. The third-order valence-electron chi connectivity index (χ3n) is 6.03. The third-order valence-corrected chi connectivity index (χ3v) is 6.03. The van der Waals surface area contributed by atoms with Crippen molar-refractivity contribution in [1.29, 1.82) is 0 Å². The van der Waals surface area contributed by atoms with Gasteiger partial charge in [-0.2, -0.15) is 0 Å². The Morgan fingerprint density at radius 3 is 2.83 bits per heavy atom. The molecule has 6 nitrogen and oxygen atoms in total. The smallest absolute Gasteiger partial charge is 0.260 e. The first kappa shape index (κ1) is 19.8. The van der Waals surface area contributed by atoms with Crippen LogP contribution in [0.2, 0.25) is 0 Å². The van der Waals surface area contributed by atoms with E-state index in [1.54, 1.807) is 0 Å². The van der Waals surface area contributed by atoms with E-state index in [0.29, 0.717) is 6.54 Å². The fourth-order valence-electron chi connectivity index (χ4n) is 4.34. The Hall–Kier alpha value is -2.47. The first-order chi connectivity index (χ1) is 14.0. The van der Waals surface area contributed by atoms with E-state index in [2.05, 4.69) is 16.9 Å². The zero-order chi connectivity index (χ0) is 20.4. The molecule has 2 aliphatic heterocycles. The molecule has 2 aliphatic rings. The van der Waals surface area contributed by atoms with Gasteiger partial charge in [0.2, 0.25) is 0 Å². The molecule has 1 atom stereocenters. The maximum absolute atomic E-state index is 12.8. The molecule has 29 heavy (non-hydrogen) atoms. The molecule has 2 aromatic rings. The Labute approximate surface area is 172 Å². The lowest BCUT2D eigenvalue weighted by atomic mass is 9.96. The van der Waals surface area contributed by atoms with Crippen molar-refractivity contribution in [1.82, 2.24) is 19.8 Å². The van der Waals surface area contributed by atoms with E-state index in [9.17, 15) is 4.79 Å². The van der Waals surface area contributed by atoms with Crippen LogP contribution in [-0.4, -0.2) is 59.0 Å². The highest BCUT2D eigenvalue weighted by Crippen LogP contribution is 2.27. The van der Waals surface area contributed by atoms with Crippen molar-refractivity contribution in [3.05, 3.63) is 52.6 Å². The number of aromatic nitrogens is 2. The number of likely N-dealkylation sites (N-methyl/N-ethyl adjacent to an activating group) is 1. The van der Waals surface area contributed by atoms with Crippen LogP contribution in [0.4, 0.5) is 0 Å². The topological polar surface area (TPSA) is 58.6 Å². The van der Waals surface area contributed by atoms with Crippen LogP contribution in [-0.2, 0) is 17.8 Å². The number of fused-ring (bicyclic) bond motifs is 1. The van der Waals surface area contributed by atoms with Crippen LogP contribution < -0.4 is 4.74 Å². The van der Waals surface area contributed by atoms with Crippen LogP contribution in [0, 0.1) is 13.8 Å². The fourth-order valence-corrected chi connectivity index (χ4v) is 4.34. The number of carbonyl (C=O) groups excluding carboxylic acids is 1. The van der Waals surface area contributed by atoms with Crippen molar-refractivity contribution in [3.63, 3.8) is 0 Å². The summed E-state index contributed by atoms with van der Waals surface area (Å²) in [5, 5.41) is 0. The molecule has 0 aliphatic carbocycles. The van der Waals surface area contributed by atoms with Gasteiger partial charge in [0.25, 0.3) is 5.91 Å². The highest BCUT2D eigenvalue weighted by molar-refractivity contribution is 5.78. The van der Waals surface area contributed by atoms with Gasteiger partial charge in [0.1, 0.15) is 11.6 Å². The number of rotatable bonds is 4. The second kappa shape index (κ2) is 8.49. The molecule has 4 rings (SSSR count). The zero-order valence-electron chi connectivity index (χ0n) is 17.6. The van der Waals surface area contributed by atoms with E-state index in [-0.39, 0.29) is 18.4 Å². The van der Waals surface area contributed by atoms with Gasteiger partial charge in [-0.3, -0.25) is 4.79 Å². The summed E-state index contributed by atoms with van der Waals surface area (Å²) < 4.78 is 5.88. The van der Waals surface area contributed by atoms with Gasteiger partial charge < -0.3 is 14.5 Å². The number of hydrogen-bond donors (Lipinski definition) is 0. The summed E-state index contributed by atoms with van der Waals surface area (Å²) in [7, 11) is 2.13. The van der Waals surface area contributed by atoms with Crippen molar-refractivity contribution in [3.8, 4) is 5.75 Å². The van der Waals surface area contributed by atoms with Crippen molar-refractivity contribution in [2.45, 2.75) is 45.6 Å². The molecule has 0 unspecified atom stereocenters. The molecule has 0 N–H and O–H groups in total. The quantitative estimate of drug-likeness (QED) is 0.798. The average Bonchev–Trinajstić information content (AvgIpc) is 2.73. The number of aryl methyl sites for hydroxylation is 2. The molecule has 1 saturated heterocycles. The lowest BCUT2D eigenvalue weighted by Gasteiger charge is -2.32. The first-order valence-corrected chi connectivity index (χ1v) is 10.5. The number of piperidine rings is 1. The monoisotopic (exact) mass is 394 g/mol. The van der Waals surface area contributed by atoms with Crippen molar-refractivity contribution in [2.75, 3.05) is 33.3 Å². The van der Waals surface area contributed by atoms with Gasteiger partial charge in [0, 0.05) is 56.0 Å². The number of hydrogen-bond acceptors (Lipinski definition) is 5. The van der Waals surface area contributed by atoms with Crippen LogP contribution >= 0.6 is 0 Å². The van der Waals surface area contributed by atoms with Crippen LogP contribution in [0.1, 0.15) is 47.0 Å². The summed E-state index contributed by atoms with van der Waals surface area (Å²) in [6, 6.07) is 6.02. The maximum atomic E-state index is 12.8. The number of likely N-dealkylation sites (tertiary alicyclic amines) is 1. The molecule has 1 fully saturated rings.